The molecule has 1 atom stereocenters. The van der Waals surface area contributed by atoms with E-state index in [9.17, 15) is 13.2 Å². The van der Waals surface area contributed by atoms with E-state index >= 15 is 0 Å². The minimum atomic E-state index is -2.98. The monoisotopic (exact) mass is 365 g/mol. The first-order valence-corrected chi connectivity index (χ1v) is 10.8. The Morgan fingerprint density at radius 3 is 2.48 bits per heavy atom. The summed E-state index contributed by atoms with van der Waals surface area (Å²) in [5.41, 5.74) is 2.13. The predicted molar refractivity (Wildman–Crippen MR) is 101 cm³/mol. The predicted octanol–water partition coefficient (Wildman–Crippen LogP) is 1.73. The molecule has 2 saturated heterocycles. The van der Waals surface area contributed by atoms with Crippen molar-refractivity contribution < 1.29 is 13.2 Å². The number of nitrogens with one attached hydrogen (secondary N) is 1. The average Bonchev–Trinajstić information content (AvgIpc) is 3.00. The standard InChI is InChI=1S/C18H27N3O3S/c1-20(17-9-12-25(23,24)14-17)18(22)13-19-15-5-7-16(8-6-15)21-10-3-2-4-11-21/h5-8,17,19H,2-4,9-14H2,1H3. The quantitative estimate of drug-likeness (QED) is 0.861. The lowest BCUT2D eigenvalue weighted by Gasteiger charge is -2.29. The number of hydrogen-bond donors (Lipinski definition) is 1. The largest absolute Gasteiger partial charge is 0.376 e. The van der Waals surface area contributed by atoms with Gasteiger partial charge in [0.05, 0.1) is 18.1 Å². The van der Waals surface area contributed by atoms with Crippen molar-refractivity contribution in [3.8, 4) is 0 Å². The van der Waals surface area contributed by atoms with Crippen molar-refractivity contribution in [3.05, 3.63) is 24.3 Å². The van der Waals surface area contributed by atoms with Crippen LogP contribution < -0.4 is 10.2 Å². The summed E-state index contributed by atoms with van der Waals surface area (Å²) < 4.78 is 23.1. The summed E-state index contributed by atoms with van der Waals surface area (Å²) in [6.45, 7) is 2.40. The van der Waals surface area contributed by atoms with Crippen LogP contribution in [-0.4, -0.2) is 63.5 Å². The van der Waals surface area contributed by atoms with Crippen LogP contribution in [0.25, 0.3) is 0 Å². The maximum Gasteiger partial charge on any atom is 0.241 e. The third-order valence-corrected chi connectivity index (χ3v) is 6.93. The highest BCUT2D eigenvalue weighted by Gasteiger charge is 2.32. The van der Waals surface area contributed by atoms with Gasteiger partial charge in [-0.1, -0.05) is 0 Å². The molecule has 1 amide bonds. The summed E-state index contributed by atoms with van der Waals surface area (Å²) in [5.74, 6) is 0.183. The van der Waals surface area contributed by atoms with Crippen molar-refractivity contribution >= 4 is 27.1 Å². The van der Waals surface area contributed by atoms with E-state index in [2.05, 4.69) is 22.3 Å². The first kappa shape index (κ1) is 18.0. The van der Waals surface area contributed by atoms with Crippen LogP contribution in [0.1, 0.15) is 25.7 Å². The van der Waals surface area contributed by atoms with Crippen LogP contribution in [0.2, 0.25) is 0 Å². The molecule has 1 N–H and O–H groups in total. The van der Waals surface area contributed by atoms with Gasteiger partial charge in [0.2, 0.25) is 5.91 Å². The third-order valence-electron chi connectivity index (χ3n) is 5.18. The molecule has 0 aliphatic carbocycles. The van der Waals surface area contributed by atoms with Gasteiger partial charge in [0.1, 0.15) is 0 Å². The smallest absolute Gasteiger partial charge is 0.241 e. The van der Waals surface area contributed by atoms with Crippen LogP contribution in [-0.2, 0) is 14.6 Å². The van der Waals surface area contributed by atoms with E-state index in [0.29, 0.717) is 6.42 Å². The summed E-state index contributed by atoms with van der Waals surface area (Å²) >= 11 is 0. The fourth-order valence-electron chi connectivity index (χ4n) is 3.53. The lowest BCUT2D eigenvalue weighted by Crippen LogP contribution is -2.40. The second-order valence-corrected chi connectivity index (χ2v) is 9.24. The second-order valence-electron chi connectivity index (χ2n) is 7.01. The highest BCUT2D eigenvalue weighted by molar-refractivity contribution is 7.91. The number of piperidine rings is 1. The molecule has 1 aromatic rings. The Hall–Kier alpha value is -1.76. The van der Waals surface area contributed by atoms with E-state index in [0.717, 1.165) is 18.8 Å². The fraction of sp³-hybridized carbons (Fsp3) is 0.611. The summed E-state index contributed by atoms with van der Waals surface area (Å²) in [6.07, 6.45) is 4.35. The second kappa shape index (κ2) is 7.64. The molecule has 3 rings (SSSR count). The zero-order chi connectivity index (χ0) is 17.9. The minimum absolute atomic E-state index is 0.0813. The summed E-state index contributed by atoms with van der Waals surface area (Å²) in [6, 6.07) is 7.98. The molecule has 6 nitrogen and oxygen atoms in total. The highest BCUT2D eigenvalue weighted by atomic mass is 32.2. The van der Waals surface area contributed by atoms with Crippen LogP contribution in [0.5, 0.6) is 0 Å². The molecule has 2 aliphatic rings. The fourth-order valence-corrected chi connectivity index (χ4v) is 5.30. The number of carbonyl (C=O) groups is 1. The van der Waals surface area contributed by atoms with Crippen LogP contribution in [0, 0.1) is 0 Å². The van der Waals surface area contributed by atoms with Crippen molar-refractivity contribution in [2.24, 2.45) is 0 Å². The van der Waals surface area contributed by atoms with Gasteiger partial charge >= 0.3 is 0 Å². The molecule has 0 radical (unpaired) electrons. The van der Waals surface area contributed by atoms with E-state index < -0.39 is 9.84 Å². The summed E-state index contributed by atoms with van der Waals surface area (Å²) in [7, 11) is -1.29. The number of carbonyl (C=O) groups excluding carboxylic acids is 1. The molecule has 138 valence electrons. The Labute approximate surface area is 150 Å². The molecule has 1 aromatic carbocycles. The number of nitrogens with zero attached hydrogens (tertiary/aromatic N) is 2. The van der Waals surface area contributed by atoms with Gasteiger partial charge in [-0.05, 0) is 49.9 Å². The average molecular weight is 365 g/mol. The zero-order valence-corrected chi connectivity index (χ0v) is 15.6. The van der Waals surface area contributed by atoms with Gasteiger partial charge in [0.25, 0.3) is 0 Å². The van der Waals surface area contributed by atoms with Gasteiger partial charge in [-0.15, -0.1) is 0 Å². The van der Waals surface area contributed by atoms with E-state index in [1.165, 1.54) is 24.9 Å². The maximum atomic E-state index is 12.3. The van der Waals surface area contributed by atoms with Gasteiger partial charge in [0, 0.05) is 37.6 Å². The molecular formula is C18H27N3O3S. The first-order chi connectivity index (χ1) is 11.9. The SMILES string of the molecule is CN(C(=O)CNc1ccc(N2CCCCC2)cc1)C1CCS(=O)(=O)C1. The van der Waals surface area contributed by atoms with Crippen LogP contribution in [0.15, 0.2) is 24.3 Å². The molecule has 0 bridgehead atoms. The minimum Gasteiger partial charge on any atom is -0.376 e. The maximum absolute atomic E-state index is 12.3. The van der Waals surface area contributed by atoms with Gasteiger partial charge in [-0.2, -0.15) is 0 Å². The Morgan fingerprint density at radius 1 is 1.20 bits per heavy atom. The van der Waals surface area contributed by atoms with Gasteiger partial charge in [-0.3, -0.25) is 4.79 Å². The summed E-state index contributed by atoms with van der Waals surface area (Å²) in [4.78, 5) is 16.3. The Balaban J connectivity index is 1.50. The van der Waals surface area contributed by atoms with Crippen molar-refractivity contribution in [2.45, 2.75) is 31.7 Å². The molecule has 2 aliphatic heterocycles. The highest BCUT2D eigenvalue weighted by Crippen LogP contribution is 2.22. The zero-order valence-electron chi connectivity index (χ0n) is 14.8. The van der Waals surface area contributed by atoms with E-state index in [4.69, 9.17) is 0 Å². The molecule has 1 unspecified atom stereocenters. The number of amides is 1. The molecule has 2 heterocycles. The lowest BCUT2D eigenvalue weighted by atomic mass is 10.1. The van der Waals surface area contributed by atoms with Gasteiger partial charge in [-0.25, -0.2) is 8.42 Å². The molecule has 0 spiro atoms. The third kappa shape index (κ3) is 4.66. The van der Waals surface area contributed by atoms with Gasteiger partial charge < -0.3 is 15.1 Å². The van der Waals surface area contributed by atoms with Crippen LogP contribution in [0.3, 0.4) is 0 Å². The summed E-state index contributed by atoms with van der Waals surface area (Å²) in [5, 5.41) is 3.14. The number of sulfone groups is 1. The lowest BCUT2D eigenvalue weighted by molar-refractivity contribution is -0.129. The van der Waals surface area contributed by atoms with Crippen LogP contribution >= 0.6 is 0 Å². The number of likely N-dealkylation sites (N-methyl/N-ethyl adjacent to an activating group) is 1. The normalized spacial score (nSPS) is 22.6. The van der Waals surface area contributed by atoms with Crippen molar-refractivity contribution in [3.63, 3.8) is 0 Å². The molecule has 7 heteroatoms. The number of rotatable bonds is 5. The number of benzene rings is 1. The molecular weight excluding hydrogens is 338 g/mol. The Bertz CT molecular complexity index is 697. The van der Waals surface area contributed by atoms with Crippen LogP contribution in [0.4, 0.5) is 11.4 Å². The molecule has 0 saturated carbocycles. The van der Waals surface area contributed by atoms with E-state index in [1.807, 2.05) is 12.1 Å². The Kier molecular flexibility index (Phi) is 5.51. The first-order valence-electron chi connectivity index (χ1n) is 8.99. The number of anilines is 2. The van der Waals surface area contributed by atoms with E-state index in [1.54, 1.807) is 11.9 Å². The van der Waals surface area contributed by atoms with Crippen molar-refractivity contribution in [2.75, 3.05) is 48.4 Å². The molecule has 2 fully saturated rings. The van der Waals surface area contributed by atoms with Crippen molar-refractivity contribution in [1.82, 2.24) is 4.90 Å². The van der Waals surface area contributed by atoms with Crippen molar-refractivity contribution in [1.29, 1.82) is 0 Å². The Morgan fingerprint density at radius 2 is 1.88 bits per heavy atom. The number of hydrogen-bond acceptors (Lipinski definition) is 5. The molecule has 0 aromatic heterocycles. The molecule has 25 heavy (non-hydrogen) atoms. The van der Waals surface area contributed by atoms with Gasteiger partial charge in [0.15, 0.2) is 9.84 Å². The topological polar surface area (TPSA) is 69.7 Å². The van der Waals surface area contributed by atoms with E-state index in [-0.39, 0.29) is 30.0 Å².